The molecule has 0 aromatic heterocycles. The maximum Gasteiger partial charge on any atom is 0.266 e. The molecule has 4 nitrogen and oxygen atoms in total. The number of aryl methyl sites for hydroxylation is 1. The standard InChI is InChI=1S/C14H20BrNO3S/c1-12-7-9-13(10-8-12)20(18,19)16(2)14(17)6-4-3-5-11-15/h7-10H,3-6,11H2,1-2H3. The predicted octanol–water partition coefficient (Wildman–Crippen LogP) is 3.10. The summed E-state index contributed by atoms with van der Waals surface area (Å²) in [5.74, 6) is -0.361. The van der Waals surface area contributed by atoms with Crippen LogP contribution in [0.5, 0.6) is 0 Å². The smallest absolute Gasteiger partial charge is 0.266 e. The van der Waals surface area contributed by atoms with Crippen LogP contribution in [-0.2, 0) is 14.8 Å². The average Bonchev–Trinajstić information content (AvgIpc) is 2.43. The van der Waals surface area contributed by atoms with Crippen LogP contribution in [0.15, 0.2) is 29.2 Å². The topological polar surface area (TPSA) is 54.5 Å². The molecule has 0 bridgehead atoms. The molecule has 0 saturated heterocycles. The highest BCUT2D eigenvalue weighted by atomic mass is 79.9. The van der Waals surface area contributed by atoms with Crippen LogP contribution >= 0.6 is 15.9 Å². The van der Waals surface area contributed by atoms with Gasteiger partial charge in [-0.05, 0) is 31.9 Å². The highest BCUT2D eigenvalue weighted by Crippen LogP contribution is 2.16. The summed E-state index contributed by atoms with van der Waals surface area (Å²) < 4.78 is 25.4. The summed E-state index contributed by atoms with van der Waals surface area (Å²) in [7, 11) is -2.40. The quantitative estimate of drug-likeness (QED) is 0.553. The van der Waals surface area contributed by atoms with E-state index in [0.717, 1.165) is 28.0 Å². The fourth-order valence-corrected chi connectivity index (χ4v) is 3.26. The van der Waals surface area contributed by atoms with Crippen molar-refractivity contribution in [2.75, 3.05) is 12.4 Å². The molecule has 0 atom stereocenters. The molecule has 0 aliphatic rings. The van der Waals surface area contributed by atoms with E-state index in [4.69, 9.17) is 0 Å². The Bertz CT molecular complexity index is 540. The van der Waals surface area contributed by atoms with Crippen LogP contribution in [0.2, 0.25) is 0 Å². The van der Waals surface area contributed by atoms with Gasteiger partial charge in [-0.15, -0.1) is 0 Å². The summed E-state index contributed by atoms with van der Waals surface area (Å²) in [6.45, 7) is 1.88. The molecule has 1 amide bonds. The van der Waals surface area contributed by atoms with Gasteiger partial charge in [-0.3, -0.25) is 4.79 Å². The van der Waals surface area contributed by atoms with Gasteiger partial charge >= 0.3 is 0 Å². The van der Waals surface area contributed by atoms with Crippen molar-refractivity contribution < 1.29 is 13.2 Å². The van der Waals surface area contributed by atoms with E-state index in [2.05, 4.69) is 15.9 Å². The summed E-state index contributed by atoms with van der Waals surface area (Å²) in [5.41, 5.74) is 0.979. The maximum atomic E-state index is 12.3. The first kappa shape index (κ1) is 17.2. The van der Waals surface area contributed by atoms with Crippen molar-refractivity contribution in [1.29, 1.82) is 0 Å². The Hall–Kier alpha value is -0.880. The van der Waals surface area contributed by atoms with Crippen molar-refractivity contribution in [2.45, 2.75) is 37.5 Å². The zero-order valence-electron chi connectivity index (χ0n) is 11.8. The molecular weight excluding hydrogens is 342 g/mol. The molecule has 20 heavy (non-hydrogen) atoms. The number of amides is 1. The average molecular weight is 362 g/mol. The third-order valence-corrected chi connectivity index (χ3v) is 5.41. The second-order valence-electron chi connectivity index (χ2n) is 4.68. The van der Waals surface area contributed by atoms with Gasteiger partial charge in [0, 0.05) is 18.8 Å². The van der Waals surface area contributed by atoms with E-state index < -0.39 is 10.0 Å². The number of halogens is 1. The monoisotopic (exact) mass is 361 g/mol. The lowest BCUT2D eigenvalue weighted by atomic mass is 10.2. The molecule has 0 radical (unpaired) electrons. The van der Waals surface area contributed by atoms with Gasteiger partial charge in [0.2, 0.25) is 5.91 Å². The first-order valence-electron chi connectivity index (χ1n) is 6.54. The van der Waals surface area contributed by atoms with E-state index in [1.54, 1.807) is 12.1 Å². The Morgan fingerprint density at radius 3 is 2.30 bits per heavy atom. The van der Waals surface area contributed by atoms with Crippen molar-refractivity contribution in [1.82, 2.24) is 4.31 Å². The van der Waals surface area contributed by atoms with Crippen molar-refractivity contribution in [3.8, 4) is 0 Å². The molecule has 1 aromatic carbocycles. The highest BCUT2D eigenvalue weighted by Gasteiger charge is 2.24. The van der Waals surface area contributed by atoms with Crippen LogP contribution < -0.4 is 0 Å². The first-order valence-corrected chi connectivity index (χ1v) is 9.10. The molecule has 0 saturated carbocycles. The maximum absolute atomic E-state index is 12.3. The van der Waals surface area contributed by atoms with Crippen molar-refractivity contribution in [3.05, 3.63) is 29.8 Å². The Labute approximate surface area is 129 Å². The van der Waals surface area contributed by atoms with E-state index in [1.165, 1.54) is 19.2 Å². The van der Waals surface area contributed by atoms with Crippen LogP contribution in [0.25, 0.3) is 0 Å². The van der Waals surface area contributed by atoms with Gasteiger partial charge in [0.15, 0.2) is 0 Å². The van der Waals surface area contributed by atoms with Gasteiger partial charge in [-0.1, -0.05) is 40.0 Å². The van der Waals surface area contributed by atoms with Gasteiger partial charge in [0.25, 0.3) is 10.0 Å². The third-order valence-electron chi connectivity index (χ3n) is 3.05. The van der Waals surface area contributed by atoms with Gasteiger partial charge < -0.3 is 0 Å². The second kappa shape index (κ2) is 7.78. The van der Waals surface area contributed by atoms with Crippen LogP contribution in [-0.4, -0.2) is 31.0 Å². The molecule has 0 N–H and O–H groups in total. The fraction of sp³-hybridized carbons (Fsp3) is 0.500. The van der Waals surface area contributed by atoms with Crippen LogP contribution in [0.3, 0.4) is 0 Å². The third kappa shape index (κ3) is 4.59. The predicted molar refractivity (Wildman–Crippen MR) is 83.4 cm³/mol. The number of sulfonamides is 1. The molecule has 0 spiro atoms. The summed E-state index contributed by atoms with van der Waals surface area (Å²) >= 11 is 3.32. The van der Waals surface area contributed by atoms with E-state index in [0.29, 0.717) is 6.42 Å². The van der Waals surface area contributed by atoms with E-state index >= 15 is 0 Å². The summed E-state index contributed by atoms with van der Waals surface area (Å²) in [5, 5.41) is 0.901. The molecular formula is C14H20BrNO3S. The number of alkyl halides is 1. The number of unbranched alkanes of at least 4 members (excludes halogenated alkanes) is 2. The van der Waals surface area contributed by atoms with Crippen LogP contribution in [0.4, 0.5) is 0 Å². The zero-order chi connectivity index (χ0) is 15.2. The minimum absolute atomic E-state index is 0.152. The van der Waals surface area contributed by atoms with E-state index in [9.17, 15) is 13.2 Å². The number of benzene rings is 1. The summed E-state index contributed by atoms with van der Waals surface area (Å²) in [6, 6.07) is 6.50. The Morgan fingerprint density at radius 2 is 1.75 bits per heavy atom. The Balaban J connectivity index is 2.71. The molecule has 0 fully saturated rings. The number of hydrogen-bond donors (Lipinski definition) is 0. The number of hydrogen-bond acceptors (Lipinski definition) is 3. The number of nitrogens with zero attached hydrogens (tertiary/aromatic N) is 1. The first-order chi connectivity index (χ1) is 9.39. The largest absolute Gasteiger partial charge is 0.274 e. The SMILES string of the molecule is Cc1ccc(S(=O)(=O)N(C)C(=O)CCCCCBr)cc1. The molecule has 0 aliphatic heterocycles. The molecule has 0 aliphatic carbocycles. The lowest BCUT2D eigenvalue weighted by Gasteiger charge is -2.17. The fourth-order valence-electron chi connectivity index (χ4n) is 1.71. The number of rotatable bonds is 7. The van der Waals surface area contributed by atoms with Gasteiger partial charge in [0.05, 0.1) is 4.90 Å². The Kier molecular flexibility index (Phi) is 6.68. The Morgan fingerprint density at radius 1 is 1.15 bits per heavy atom. The lowest BCUT2D eigenvalue weighted by Crippen LogP contribution is -2.33. The van der Waals surface area contributed by atoms with E-state index in [1.807, 2.05) is 6.92 Å². The molecule has 0 unspecified atom stereocenters. The normalized spacial score (nSPS) is 11.3. The van der Waals surface area contributed by atoms with Gasteiger partial charge in [-0.2, -0.15) is 0 Å². The molecule has 1 rings (SSSR count). The van der Waals surface area contributed by atoms with Crippen molar-refractivity contribution >= 4 is 31.9 Å². The zero-order valence-corrected chi connectivity index (χ0v) is 14.2. The minimum Gasteiger partial charge on any atom is -0.274 e. The highest BCUT2D eigenvalue weighted by molar-refractivity contribution is 9.09. The lowest BCUT2D eigenvalue weighted by molar-refractivity contribution is -0.125. The number of carbonyl (C=O) groups is 1. The van der Waals surface area contributed by atoms with Crippen molar-refractivity contribution in [2.24, 2.45) is 0 Å². The van der Waals surface area contributed by atoms with Crippen LogP contribution in [0.1, 0.15) is 31.2 Å². The number of carbonyl (C=O) groups excluding carboxylic acids is 1. The van der Waals surface area contributed by atoms with Gasteiger partial charge in [-0.25, -0.2) is 12.7 Å². The molecule has 112 valence electrons. The van der Waals surface area contributed by atoms with Crippen molar-refractivity contribution in [3.63, 3.8) is 0 Å². The summed E-state index contributed by atoms with van der Waals surface area (Å²) in [6.07, 6.45) is 2.86. The second-order valence-corrected chi connectivity index (χ2v) is 7.44. The van der Waals surface area contributed by atoms with Crippen LogP contribution in [0, 0.1) is 6.92 Å². The van der Waals surface area contributed by atoms with E-state index in [-0.39, 0.29) is 17.2 Å². The molecule has 6 heteroatoms. The molecule has 0 heterocycles. The minimum atomic E-state index is -3.72. The van der Waals surface area contributed by atoms with Gasteiger partial charge in [0.1, 0.15) is 0 Å². The summed E-state index contributed by atoms with van der Waals surface area (Å²) in [4.78, 5) is 12.1. The molecule has 1 aromatic rings.